The third-order valence-electron chi connectivity index (χ3n) is 5.52. The van der Waals surface area contributed by atoms with Gasteiger partial charge in [0.25, 0.3) is 0 Å². The lowest BCUT2D eigenvalue weighted by Gasteiger charge is -2.35. The molecule has 2 heterocycles. The molecule has 8 heteroatoms. The smallest absolute Gasteiger partial charge is 0.243 e. The van der Waals surface area contributed by atoms with Crippen LogP contribution in [0.2, 0.25) is 10.0 Å². The Balaban J connectivity index is 1.57. The first-order valence-electron chi connectivity index (χ1n) is 9.19. The van der Waals surface area contributed by atoms with E-state index in [1.165, 1.54) is 0 Å². The number of hydrogen-bond donors (Lipinski definition) is 3. The van der Waals surface area contributed by atoms with Gasteiger partial charge in [-0.15, -0.1) is 0 Å². The highest BCUT2D eigenvalue weighted by atomic mass is 35.5. The average molecular weight is 414 g/mol. The summed E-state index contributed by atoms with van der Waals surface area (Å²) in [5, 5.41) is 16.0. The van der Waals surface area contributed by atoms with Crippen molar-refractivity contribution in [3.8, 4) is 0 Å². The molecule has 3 atom stereocenters. The van der Waals surface area contributed by atoms with Crippen LogP contribution in [0.15, 0.2) is 18.2 Å². The first kappa shape index (κ1) is 20.4. The molecule has 2 saturated heterocycles. The molecule has 3 rings (SSSR count). The number of halogens is 2. The molecule has 2 aliphatic heterocycles. The van der Waals surface area contributed by atoms with Crippen molar-refractivity contribution in [2.75, 3.05) is 13.1 Å². The van der Waals surface area contributed by atoms with Crippen molar-refractivity contribution in [1.82, 2.24) is 15.5 Å². The first-order valence-corrected chi connectivity index (χ1v) is 9.95. The summed E-state index contributed by atoms with van der Waals surface area (Å²) in [5.74, 6) is -0.243. The normalized spacial score (nSPS) is 27.5. The second-order valence-corrected chi connectivity index (χ2v) is 8.63. The molecule has 0 spiro atoms. The second-order valence-electron chi connectivity index (χ2n) is 7.76. The summed E-state index contributed by atoms with van der Waals surface area (Å²) in [4.78, 5) is 26.7. The summed E-state index contributed by atoms with van der Waals surface area (Å²) in [6, 6.07) is 5.60. The molecule has 0 aliphatic carbocycles. The van der Waals surface area contributed by atoms with Crippen LogP contribution in [0.4, 0.5) is 0 Å². The maximum atomic E-state index is 12.8. The fourth-order valence-corrected chi connectivity index (χ4v) is 4.64. The summed E-state index contributed by atoms with van der Waals surface area (Å²) in [5.41, 5.74) is 0.172. The highest BCUT2D eigenvalue weighted by molar-refractivity contribution is 6.34. The van der Waals surface area contributed by atoms with E-state index in [2.05, 4.69) is 10.6 Å². The molecule has 3 N–H and O–H groups in total. The number of nitrogens with one attached hydrogen (secondary N) is 2. The number of likely N-dealkylation sites (tertiary alicyclic amines) is 1. The molecule has 148 valence electrons. The number of aliphatic hydroxyl groups excluding tert-OH is 1. The van der Waals surface area contributed by atoms with Crippen molar-refractivity contribution >= 4 is 35.0 Å². The van der Waals surface area contributed by atoms with E-state index in [0.29, 0.717) is 35.5 Å². The van der Waals surface area contributed by atoms with Crippen LogP contribution in [0.1, 0.15) is 44.6 Å². The number of nitrogens with zero attached hydrogens (tertiary/aromatic N) is 1. The van der Waals surface area contributed by atoms with Gasteiger partial charge in [0, 0.05) is 29.1 Å². The summed E-state index contributed by atoms with van der Waals surface area (Å²) < 4.78 is 0. The van der Waals surface area contributed by atoms with Gasteiger partial charge in [-0.1, -0.05) is 30.1 Å². The average Bonchev–Trinajstić information content (AvgIpc) is 2.85. The number of piperidine rings is 1. The van der Waals surface area contributed by atoms with E-state index in [1.807, 2.05) is 24.0 Å². The van der Waals surface area contributed by atoms with E-state index in [1.54, 1.807) is 13.0 Å². The summed E-state index contributed by atoms with van der Waals surface area (Å²) in [7, 11) is 0. The van der Waals surface area contributed by atoms with Crippen LogP contribution in [0, 0.1) is 5.92 Å². The fraction of sp³-hybridized carbons (Fsp3) is 0.579. The summed E-state index contributed by atoms with van der Waals surface area (Å²) >= 11 is 12.2. The lowest BCUT2D eigenvalue weighted by molar-refractivity contribution is -0.137. The lowest BCUT2D eigenvalue weighted by Crippen LogP contribution is -2.49. The molecule has 0 saturated carbocycles. The van der Waals surface area contributed by atoms with Crippen LogP contribution >= 0.6 is 23.2 Å². The Morgan fingerprint density at radius 2 is 1.89 bits per heavy atom. The van der Waals surface area contributed by atoms with E-state index >= 15 is 0 Å². The molecular weight excluding hydrogens is 389 g/mol. The number of carbonyl (C=O) groups excluding carboxylic acids is 2. The lowest BCUT2D eigenvalue weighted by atomic mass is 9.87. The third kappa shape index (κ3) is 4.57. The number of benzene rings is 1. The molecule has 0 radical (unpaired) electrons. The molecule has 2 amide bonds. The van der Waals surface area contributed by atoms with Crippen molar-refractivity contribution < 1.29 is 14.7 Å². The minimum absolute atomic E-state index is 0.0368. The van der Waals surface area contributed by atoms with Gasteiger partial charge in [-0.3, -0.25) is 14.9 Å². The van der Waals surface area contributed by atoms with Gasteiger partial charge in [0.05, 0.1) is 5.54 Å². The third-order valence-corrected chi connectivity index (χ3v) is 5.96. The fourth-order valence-electron chi connectivity index (χ4n) is 4.09. The Morgan fingerprint density at radius 1 is 1.30 bits per heavy atom. The van der Waals surface area contributed by atoms with Gasteiger partial charge in [0.15, 0.2) is 6.35 Å². The van der Waals surface area contributed by atoms with Crippen LogP contribution < -0.4 is 10.6 Å². The van der Waals surface area contributed by atoms with Crippen LogP contribution in [-0.4, -0.2) is 46.8 Å². The van der Waals surface area contributed by atoms with Gasteiger partial charge in [-0.05, 0) is 55.9 Å². The molecule has 0 aromatic heterocycles. The largest absolute Gasteiger partial charge is 0.361 e. The topological polar surface area (TPSA) is 81.7 Å². The van der Waals surface area contributed by atoms with Gasteiger partial charge < -0.3 is 15.3 Å². The zero-order valence-electron chi connectivity index (χ0n) is 15.5. The van der Waals surface area contributed by atoms with Crippen molar-refractivity contribution in [2.45, 2.75) is 50.9 Å². The molecule has 1 unspecified atom stereocenters. The SMILES string of the molecule is C[C@@H](C[C@@]1(C)NC(O)NC1=O)C(=O)N1CCC(c2cc(Cl)cc(Cl)c2)CC1. The predicted molar refractivity (Wildman–Crippen MR) is 104 cm³/mol. The number of rotatable bonds is 4. The summed E-state index contributed by atoms with van der Waals surface area (Å²) in [6.07, 6.45) is 0.969. The molecule has 2 aliphatic rings. The van der Waals surface area contributed by atoms with Crippen LogP contribution in [0.25, 0.3) is 0 Å². The molecule has 2 fully saturated rings. The number of hydrogen-bond acceptors (Lipinski definition) is 4. The minimum Gasteiger partial charge on any atom is -0.361 e. The first-order chi connectivity index (χ1) is 12.7. The van der Waals surface area contributed by atoms with Gasteiger partial charge in [0.1, 0.15) is 0 Å². The van der Waals surface area contributed by atoms with E-state index in [4.69, 9.17) is 23.2 Å². The van der Waals surface area contributed by atoms with Crippen LogP contribution in [-0.2, 0) is 9.59 Å². The Bertz CT molecular complexity index is 717. The van der Waals surface area contributed by atoms with Gasteiger partial charge in [-0.25, -0.2) is 0 Å². The summed E-state index contributed by atoms with van der Waals surface area (Å²) in [6.45, 7) is 4.86. The van der Waals surface area contributed by atoms with Crippen molar-refractivity contribution in [2.24, 2.45) is 5.92 Å². The molecule has 6 nitrogen and oxygen atoms in total. The van der Waals surface area contributed by atoms with Crippen LogP contribution in [0.5, 0.6) is 0 Å². The Morgan fingerprint density at radius 3 is 2.41 bits per heavy atom. The Kier molecular flexibility index (Phi) is 6.01. The minimum atomic E-state index is -1.06. The Labute approximate surface area is 169 Å². The molecule has 1 aromatic carbocycles. The molecule has 0 bridgehead atoms. The number of amides is 2. The van der Waals surface area contributed by atoms with E-state index in [-0.39, 0.29) is 17.7 Å². The Hall–Kier alpha value is -1.34. The molecule has 27 heavy (non-hydrogen) atoms. The highest BCUT2D eigenvalue weighted by Crippen LogP contribution is 2.33. The van der Waals surface area contributed by atoms with Crippen LogP contribution in [0.3, 0.4) is 0 Å². The highest BCUT2D eigenvalue weighted by Gasteiger charge is 2.44. The molecular formula is C19H25Cl2N3O3. The van der Waals surface area contributed by atoms with Crippen molar-refractivity contribution in [3.63, 3.8) is 0 Å². The maximum absolute atomic E-state index is 12.8. The number of carbonyl (C=O) groups is 2. The van der Waals surface area contributed by atoms with E-state index < -0.39 is 11.9 Å². The zero-order valence-corrected chi connectivity index (χ0v) is 17.0. The van der Waals surface area contributed by atoms with Gasteiger partial charge in [0.2, 0.25) is 11.8 Å². The van der Waals surface area contributed by atoms with Gasteiger partial charge in [-0.2, -0.15) is 0 Å². The monoisotopic (exact) mass is 413 g/mol. The van der Waals surface area contributed by atoms with Crippen molar-refractivity contribution in [3.05, 3.63) is 33.8 Å². The van der Waals surface area contributed by atoms with E-state index in [0.717, 1.165) is 18.4 Å². The standard InChI is InChI=1S/C19H25Cl2N3O3/c1-11(10-19(2)17(26)22-18(27)23-19)16(25)24-5-3-12(4-6-24)13-7-14(20)9-15(21)8-13/h7-9,11-12,18,23,27H,3-6,10H2,1-2H3,(H,22,26)/t11-,18?,19+/m0/s1. The maximum Gasteiger partial charge on any atom is 0.243 e. The number of aliphatic hydroxyl groups is 1. The second kappa shape index (κ2) is 7.95. The predicted octanol–water partition coefficient (Wildman–Crippen LogP) is 2.48. The molecule has 1 aromatic rings. The quantitative estimate of drug-likeness (QED) is 0.707. The van der Waals surface area contributed by atoms with Gasteiger partial charge >= 0.3 is 0 Å². The van der Waals surface area contributed by atoms with E-state index in [9.17, 15) is 14.7 Å². The van der Waals surface area contributed by atoms with Crippen molar-refractivity contribution in [1.29, 1.82) is 0 Å². The zero-order chi connectivity index (χ0) is 19.8.